The molecule has 2 bridgehead atoms. The molecular weight excluding hydrogens is 440 g/mol. The van der Waals surface area contributed by atoms with Gasteiger partial charge >= 0.3 is 21.1 Å². The second kappa shape index (κ2) is 17.9. The molecule has 0 amide bonds. The molecule has 3 aliphatic heterocycles. The molecule has 0 aromatic heterocycles. The van der Waals surface area contributed by atoms with Gasteiger partial charge in [0.2, 0.25) is 0 Å². The Morgan fingerprint density at radius 3 is 1.00 bits per heavy atom. The zero-order valence-corrected chi connectivity index (χ0v) is 12.7. The van der Waals surface area contributed by atoms with E-state index in [1.807, 2.05) is 0 Å². The second-order valence-electron chi connectivity index (χ2n) is 2.76. The Morgan fingerprint density at radius 1 is 0.812 bits per heavy atom. The minimum Gasteiger partial charge on any atom is -1.00 e. The van der Waals surface area contributed by atoms with Gasteiger partial charge in [0.1, 0.15) is 0 Å². The van der Waals surface area contributed by atoms with Crippen molar-refractivity contribution in [2.75, 3.05) is 39.3 Å². The van der Waals surface area contributed by atoms with Crippen LogP contribution >= 0.6 is 0 Å². The zero-order valence-electron chi connectivity index (χ0n) is 8.93. The van der Waals surface area contributed by atoms with E-state index in [0.717, 1.165) is 0 Å². The maximum Gasteiger partial charge on any atom is 4.00 e. The van der Waals surface area contributed by atoms with Crippen LogP contribution in [0.1, 0.15) is 0 Å². The first-order chi connectivity index (χ1) is 5.36. The van der Waals surface area contributed by atoms with Gasteiger partial charge in [-0.15, -0.1) is 4.91 Å². The average Bonchev–Trinajstić information content (AvgIpc) is 2.09. The molecule has 0 saturated carbocycles. The molecule has 0 radical (unpaired) electrons. The van der Waals surface area contributed by atoms with Crippen LogP contribution < -0.4 is 37.1 Å². The maximum atomic E-state index is 8.11. The number of nitrogens with zero attached hydrogens (tertiary/aromatic N) is 3. The molecule has 3 aliphatic rings. The Labute approximate surface area is 122 Å². The topological polar surface area (TPSA) is 126 Å². The third-order valence-electron chi connectivity index (χ3n) is 2.20. The van der Waals surface area contributed by atoms with Crippen molar-refractivity contribution in [2.24, 2.45) is 5.34 Å². The molecule has 0 atom stereocenters. The van der Waals surface area contributed by atoms with Crippen molar-refractivity contribution >= 4 is 0 Å². The summed E-state index contributed by atoms with van der Waals surface area (Å²) in [5, 5.41) is 7.89. The molecule has 3 rings (SSSR count). The number of hydrogen-bond donors (Lipinski definition) is 3. The van der Waals surface area contributed by atoms with Crippen LogP contribution in [-0.4, -0.2) is 54.3 Å². The third-order valence-corrected chi connectivity index (χ3v) is 2.20. The smallest absolute Gasteiger partial charge is 1.00 e. The van der Waals surface area contributed by atoms with Gasteiger partial charge in [0.25, 0.3) is 0 Å². The van der Waals surface area contributed by atoms with Gasteiger partial charge in [-0.1, -0.05) is 0 Å². The van der Waals surface area contributed by atoms with E-state index in [1.54, 1.807) is 0 Å². The summed E-state index contributed by atoms with van der Waals surface area (Å²) in [5.41, 5.74) is 0. The van der Waals surface area contributed by atoms with Crippen LogP contribution in [0, 0.1) is 4.91 Å². The molecule has 3 saturated heterocycles. The largest absolute Gasteiger partial charge is 4.00 e. The summed E-state index contributed by atoms with van der Waals surface area (Å²) >= 11 is 0. The fourth-order valence-corrected chi connectivity index (χ4v) is 1.52. The van der Waals surface area contributed by atoms with Gasteiger partial charge < -0.3 is 42.3 Å². The molecule has 10 heteroatoms. The Morgan fingerprint density at radius 2 is 0.938 bits per heavy atom. The predicted molar refractivity (Wildman–Crippen MR) is 50.5 cm³/mol. The van der Waals surface area contributed by atoms with E-state index >= 15 is 0 Å². The summed E-state index contributed by atoms with van der Waals surface area (Å²) in [4.78, 5) is 13.2. The number of rotatable bonds is 0. The number of fused-ring (bicyclic) bond motifs is 3. The van der Waals surface area contributed by atoms with Gasteiger partial charge in [0, 0.05) is 39.3 Å². The van der Waals surface area contributed by atoms with Crippen LogP contribution in [-0.2, 0) is 21.1 Å². The van der Waals surface area contributed by atoms with E-state index in [-0.39, 0.29) is 58.2 Å². The summed E-state index contributed by atoms with van der Waals surface area (Å²) < 4.78 is 0. The summed E-state index contributed by atoms with van der Waals surface area (Å²) in [7, 11) is 0. The molecule has 3 fully saturated rings. The summed E-state index contributed by atoms with van der Waals surface area (Å²) in [6.07, 6.45) is 0. The minimum atomic E-state index is 0. The van der Waals surface area contributed by atoms with Gasteiger partial charge in [-0.25, -0.2) is 0 Å². The SMILES string of the molecule is C1CN2CCN1CC2.N.N.O=NO.[Cl-].[Cl-].[Pt+4]. The first-order valence-corrected chi connectivity index (χ1v) is 3.78. The van der Waals surface area contributed by atoms with Crippen LogP contribution in [0.4, 0.5) is 0 Å². The number of piperazine rings is 3. The molecule has 16 heavy (non-hydrogen) atoms. The van der Waals surface area contributed by atoms with E-state index in [1.165, 1.54) is 44.6 Å². The zero-order chi connectivity index (χ0) is 8.10. The van der Waals surface area contributed by atoms with Crippen molar-refractivity contribution in [3.8, 4) is 0 Å². The normalized spacial score (nSPS) is 23.2. The molecule has 0 spiro atoms. The molecular formula is C6H19Cl2N5O2Pt+2. The van der Waals surface area contributed by atoms with Crippen molar-refractivity contribution in [1.82, 2.24) is 22.1 Å². The van der Waals surface area contributed by atoms with Crippen molar-refractivity contribution in [3.05, 3.63) is 4.91 Å². The quantitative estimate of drug-likeness (QED) is 0.245. The monoisotopic (exact) mass is 458 g/mol. The van der Waals surface area contributed by atoms with Crippen LogP contribution in [0.25, 0.3) is 0 Å². The predicted octanol–water partition coefficient (Wildman–Crippen LogP) is -5.91. The van der Waals surface area contributed by atoms with E-state index in [2.05, 4.69) is 9.80 Å². The standard InChI is InChI=1S/C6H12N2.2ClH.HNO2.2H3N.Pt/c1-2-8-5-3-7(1)4-6-8;;;2-1-3;;;/h1-6H2;2*1H;(H,2,3);2*1H3;/q;;;;;;+4/p-2. The van der Waals surface area contributed by atoms with Crippen molar-refractivity contribution in [3.63, 3.8) is 0 Å². The molecule has 7 N–H and O–H groups in total. The van der Waals surface area contributed by atoms with Crippen molar-refractivity contribution in [1.29, 1.82) is 0 Å². The van der Waals surface area contributed by atoms with E-state index in [9.17, 15) is 0 Å². The van der Waals surface area contributed by atoms with Gasteiger partial charge in [-0.2, -0.15) is 0 Å². The average molecular weight is 459 g/mol. The summed E-state index contributed by atoms with van der Waals surface area (Å²) in [5.74, 6) is 0. The molecule has 0 aliphatic carbocycles. The summed E-state index contributed by atoms with van der Waals surface area (Å²) in [6, 6.07) is 0. The summed E-state index contributed by atoms with van der Waals surface area (Å²) in [6.45, 7) is 7.92. The van der Waals surface area contributed by atoms with E-state index in [0.29, 0.717) is 0 Å². The fraction of sp³-hybridized carbons (Fsp3) is 1.00. The van der Waals surface area contributed by atoms with Crippen LogP contribution in [0.15, 0.2) is 5.34 Å². The van der Waals surface area contributed by atoms with Crippen LogP contribution in [0.3, 0.4) is 0 Å². The maximum absolute atomic E-state index is 8.11. The molecule has 0 aromatic carbocycles. The van der Waals surface area contributed by atoms with Crippen LogP contribution in [0.2, 0.25) is 0 Å². The van der Waals surface area contributed by atoms with Gasteiger partial charge in [0.15, 0.2) is 5.34 Å². The fourth-order valence-electron chi connectivity index (χ4n) is 1.52. The van der Waals surface area contributed by atoms with Gasteiger partial charge in [-0.3, -0.25) is 9.80 Å². The number of hydrogen-bond acceptors (Lipinski definition) is 6. The molecule has 3 heterocycles. The first-order valence-electron chi connectivity index (χ1n) is 3.78. The Hall–Kier alpha value is 0.508. The van der Waals surface area contributed by atoms with Gasteiger partial charge in [0.05, 0.1) is 0 Å². The molecule has 0 aromatic rings. The Kier molecular flexibility index (Phi) is 33.5. The van der Waals surface area contributed by atoms with E-state index in [4.69, 9.17) is 10.1 Å². The third kappa shape index (κ3) is 11.0. The van der Waals surface area contributed by atoms with Crippen molar-refractivity contribution in [2.45, 2.75) is 0 Å². The first kappa shape index (κ1) is 30.0. The van der Waals surface area contributed by atoms with Gasteiger partial charge in [-0.05, 0) is 0 Å². The number of halogens is 2. The Balaban J connectivity index is -0.0000000469. The molecule has 102 valence electrons. The Bertz CT molecular complexity index is 117. The molecule has 7 nitrogen and oxygen atoms in total. The second-order valence-corrected chi connectivity index (χ2v) is 2.76. The van der Waals surface area contributed by atoms with E-state index < -0.39 is 0 Å². The minimum absolute atomic E-state index is 0. The van der Waals surface area contributed by atoms with Crippen molar-refractivity contribution < 1.29 is 51.1 Å². The molecule has 0 unspecified atom stereocenters. The van der Waals surface area contributed by atoms with Crippen LogP contribution in [0.5, 0.6) is 0 Å².